The molecule has 6 heteroatoms. The van der Waals surface area contributed by atoms with Gasteiger partial charge in [0.05, 0.1) is 12.8 Å². The fourth-order valence-corrected chi connectivity index (χ4v) is 2.18. The molecule has 1 amide bonds. The Morgan fingerprint density at radius 1 is 1.44 bits per heavy atom. The van der Waals surface area contributed by atoms with Crippen LogP contribution in [0.2, 0.25) is 0 Å². The maximum atomic E-state index is 11.5. The van der Waals surface area contributed by atoms with E-state index in [1.165, 1.54) is 25.4 Å². The van der Waals surface area contributed by atoms with Crippen LogP contribution in [-0.4, -0.2) is 24.5 Å². The average molecular weight is 270 g/mol. The molecule has 0 aliphatic heterocycles. The van der Waals surface area contributed by atoms with Crippen LogP contribution in [0.15, 0.2) is 11.4 Å². The van der Waals surface area contributed by atoms with Gasteiger partial charge < -0.3 is 10.1 Å². The number of methoxy groups -OCH3 is 1. The molecule has 0 unspecified atom stereocenters. The maximum Gasteiger partial charge on any atom is 0.325 e. The van der Waals surface area contributed by atoms with E-state index in [4.69, 9.17) is 4.74 Å². The number of ether oxygens (including phenoxy) is 1. The lowest BCUT2D eigenvalue weighted by atomic mass is 10.1. The van der Waals surface area contributed by atoms with E-state index < -0.39 is 5.54 Å². The molecular formula is C12H18N2O3S. The fraction of sp³-hybridized carbons (Fsp3) is 0.500. The highest BCUT2D eigenvalue weighted by atomic mass is 32.1. The van der Waals surface area contributed by atoms with E-state index in [1.807, 2.05) is 11.4 Å². The molecule has 0 radical (unpaired) electrons. The van der Waals surface area contributed by atoms with E-state index in [1.54, 1.807) is 13.8 Å². The molecule has 18 heavy (non-hydrogen) atoms. The van der Waals surface area contributed by atoms with Crippen LogP contribution in [0.1, 0.15) is 25.6 Å². The highest BCUT2D eigenvalue weighted by Gasteiger charge is 2.28. The summed E-state index contributed by atoms with van der Waals surface area (Å²) in [6.45, 7) is 5.47. The normalized spacial score (nSPS) is 11.1. The molecule has 0 atom stereocenters. The molecule has 0 fully saturated rings. The predicted octanol–water partition coefficient (Wildman–Crippen LogP) is 1.75. The number of carbonyl (C=O) groups is 2. The lowest BCUT2D eigenvalue weighted by Gasteiger charge is -2.23. The highest BCUT2D eigenvalue weighted by Crippen LogP contribution is 2.23. The molecule has 0 aliphatic carbocycles. The molecule has 0 aliphatic rings. The van der Waals surface area contributed by atoms with Crippen LogP contribution in [0.5, 0.6) is 0 Å². The van der Waals surface area contributed by atoms with E-state index >= 15 is 0 Å². The number of rotatable bonds is 5. The Kier molecular flexibility index (Phi) is 4.86. The van der Waals surface area contributed by atoms with Crippen LogP contribution in [-0.2, 0) is 20.9 Å². The quantitative estimate of drug-likeness (QED) is 0.800. The third kappa shape index (κ3) is 3.82. The van der Waals surface area contributed by atoms with Gasteiger partial charge in [0.25, 0.3) is 0 Å². The van der Waals surface area contributed by atoms with E-state index in [-0.39, 0.29) is 11.9 Å². The summed E-state index contributed by atoms with van der Waals surface area (Å²) in [4.78, 5) is 23.5. The lowest BCUT2D eigenvalue weighted by Crippen LogP contribution is -2.46. The van der Waals surface area contributed by atoms with Gasteiger partial charge in [0.1, 0.15) is 5.54 Å². The van der Waals surface area contributed by atoms with Gasteiger partial charge in [-0.05, 0) is 25.3 Å². The summed E-state index contributed by atoms with van der Waals surface area (Å²) in [5, 5.41) is 7.75. The minimum atomic E-state index is -0.758. The van der Waals surface area contributed by atoms with Gasteiger partial charge in [0.15, 0.2) is 0 Å². The molecule has 0 aromatic carbocycles. The molecule has 1 aromatic heterocycles. The van der Waals surface area contributed by atoms with Crippen molar-refractivity contribution in [1.82, 2.24) is 5.32 Å². The number of hydrogen-bond acceptors (Lipinski definition) is 5. The molecule has 0 bridgehead atoms. The van der Waals surface area contributed by atoms with Crippen LogP contribution in [0.4, 0.5) is 5.69 Å². The van der Waals surface area contributed by atoms with Crippen molar-refractivity contribution < 1.29 is 14.3 Å². The zero-order chi connectivity index (χ0) is 13.8. The number of thiophene rings is 1. The Morgan fingerprint density at radius 2 is 2.11 bits per heavy atom. The smallest absolute Gasteiger partial charge is 0.325 e. The van der Waals surface area contributed by atoms with E-state index in [9.17, 15) is 9.59 Å². The summed E-state index contributed by atoms with van der Waals surface area (Å²) in [5.74, 6) is -0.429. The summed E-state index contributed by atoms with van der Waals surface area (Å²) >= 11 is 1.52. The molecule has 100 valence electrons. The van der Waals surface area contributed by atoms with Crippen molar-refractivity contribution in [1.29, 1.82) is 0 Å². The summed E-state index contributed by atoms with van der Waals surface area (Å²) < 4.78 is 4.71. The van der Waals surface area contributed by atoms with Crippen molar-refractivity contribution in [3.8, 4) is 0 Å². The number of carbonyl (C=O) groups excluding carboxylic acids is 2. The molecule has 0 saturated carbocycles. The molecule has 0 spiro atoms. The third-order valence-electron chi connectivity index (χ3n) is 2.44. The second-order valence-corrected chi connectivity index (χ2v) is 5.41. The van der Waals surface area contributed by atoms with Gasteiger partial charge in [-0.2, -0.15) is 0 Å². The zero-order valence-electron chi connectivity index (χ0n) is 11.0. The summed E-state index contributed by atoms with van der Waals surface area (Å²) in [6, 6.07) is 1.84. The van der Waals surface area contributed by atoms with Crippen molar-refractivity contribution in [2.45, 2.75) is 32.9 Å². The van der Waals surface area contributed by atoms with Crippen molar-refractivity contribution in [2.24, 2.45) is 0 Å². The van der Waals surface area contributed by atoms with Crippen LogP contribution in [0.25, 0.3) is 0 Å². The Balaban J connectivity index is 2.66. The van der Waals surface area contributed by atoms with E-state index in [2.05, 4.69) is 10.6 Å². The third-order valence-corrected chi connectivity index (χ3v) is 3.36. The maximum absolute atomic E-state index is 11.5. The first kappa shape index (κ1) is 14.7. The SMILES string of the molecule is COC(=O)C(C)(C)NCc1sccc1NC(C)=O. The Bertz CT molecular complexity index is 440. The van der Waals surface area contributed by atoms with Crippen molar-refractivity contribution in [3.63, 3.8) is 0 Å². The van der Waals surface area contributed by atoms with E-state index in [0.29, 0.717) is 6.54 Å². The number of esters is 1. The Hall–Kier alpha value is -1.40. The number of anilines is 1. The second kappa shape index (κ2) is 5.97. The Labute approximate surface area is 111 Å². The van der Waals surface area contributed by atoms with Crippen LogP contribution in [0.3, 0.4) is 0 Å². The first-order chi connectivity index (χ1) is 8.36. The highest BCUT2D eigenvalue weighted by molar-refractivity contribution is 7.10. The van der Waals surface area contributed by atoms with Crippen molar-refractivity contribution in [2.75, 3.05) is 12.4 Å². The van der Waals surface area contributed by atoms with E-state index in [0.717, 1.165) is 10.6 Å². The van der Waals surface area contributed by atoms with Crippen LogP contribution in [0, 0.1) is 0 Å². The zero-order valence-corrected chi connectivity index (χ0v) is 11.8. The summed E-state index contributed by atoms with van der Waals surface area (Å²) in [5.41, 5.74) is 0.0207. The van der Waals surface area contributed by atoms with Gasteiger partial charge in [-0.3, -0.25) is 14.9 Å². The van der Waals surface area contributed by atoms with Crippen LogP contribution >= 0.6 is 11.3 Å². The Morgan fingerprint density at radius 3 is 2.67 bits per heavy atom. The largest absolute Gasteiger partial charge is 0.468 e. The van der Waals surface area contributed by atoms with Gasteiger partial charge in [-0.1, -0.05) is 0 Å². The second-order valence-electron chi connectivity index (χ2n) is 4.41. The van der Waals surface area contributed by atoms with Gasteiger partial charge >= 0.3 is 5.97 Å². The predicted molar refractivity (Wildman–Crippen MR) is 71.6 cm³/mol. The fourth-order valence-electron chi connectivity index (χ4n) is 1.41. The number of hydrogen-bond donors (Lipinski definition) is 2. The summed E-state index contributed by atoms with van der Waals surface area (Å²) in [7, 11) is 1.36. The van der Waals surface area contributed by atoms with Gasteiger partial charge in [0, 0.05) is 18.3 Å². The standard InChI is InChI=1S/C12H18N2O3S/c1-8(15)14-9-5-6-18-10(9)7-13-12(2,3)11(16)17-4/h5-6,13H,7H2,1-4H3,(H,14,15). The molecule has 1 aromatic rings. The van der Waals surface area contributed by atoms with Gasteiger partial charge in [-0.15, -0.1) is 11.3 Å². The molecular weight excluding hydrogens is 252 g/mol. The monoisotopic (exact) mass is 270 g/mol. The minimum absolute atomic E-state index is 0.109. The molecule has 0 saturated heterocycles. The molecule has 5 nitrogen and oxygen atoms in total. The van der Waals surface area contributed by atoms with Crippen LogP contribution < -0.4 is 10.6 Å². The molecule has 1 heterocycles. The number of nitrogens with one attached hydrogen (secondary N) is 2. The summed E-state index contributed by atoms with van der Waals surface area (Å²) in [6.07, 6.45) is 0. The van der Waals surface area contributed by atoms with Gasteiger partial charge in [0.2, 0.25) is 5.91 Å². The topological polar surface area (TPSA) is 67.4 Å². The first-order valence-corrected chi connectivity index (χ1v) is 6.42. The minimum Gasteiger partial charge on any atom is -0.468 e. The van der Waals surface area contributed by atoms with Crippen molar-refractivity contribution in [3.05, 3.63) is 16.3 Å². The van der Waals surface area contributed by atoms with Gasteiger partial charge in [-0.25, -0.2) is 0 Å². The molecule has 2 N–H and O–H groups in total. The lowest BCUT2D eigenvalue weighted by molar-refractivity contribution is -0.147. The van der Waals surface area contributed by atoms with Crippen molar-refractivity contribution >= 4 is 28.9 Å². The molecule has 1 rings (SSSR count). The number of amides is 1. The first-order valence-electron chi connectivity index (χ1n) is 5.54. The average Bonchev–Trinajstić information content (AvgIpc) is 2.72.